The molecule has 0 N–H and O–H groups in total. The first kappa shape index (κ1) is 23.1. The average molecular weight is 452 g/mol. The second-order valence-electron chi connectivity index (χ2n) is 7.00. The SMILES string of the molecule is CCN(C(=O)c1cc(F)cc(F)c1-n1nccn1)[C@@H](C)COc1ncc(C(C)(F)F)cn1. The Balaban J connectivity index is 1.79. The van der Waals surface area contributed by atoms with E-state index in [9.17, 15) is 22.4 Å². The normalized spacial score (nSPS) is 12.5. The minimum atomic E-state index is -3.08. The van der Waals surface area contributed by atoms with Crippen LogP contribution in [-0.2, 0) is 5.92 Å². The number of nitrogens with zero attached hydrogens (tertiary/aromatic N) is 6. The minimum Gasteiger partial charge on any atom is -0.461 e. The Bertz CT molecular complexity index is 1070. The van der Waals surface area contributed by atoms with Crippen LogP contribution in [0.5, 0.6) is 6.01 Å². The van der Waals surface area contributed by atoms with Crippen molar-refractivity contribution in [3.63, 3.8) is 0 Å². The second kappa shape index (κ2) is 9.28. The van der Waals surface area contributed by atoms with Crippen LogP contribution in [0.2, 0.25) is 0 Å². The van der Waals surface area contributed by atoms with Crippen LogP contribution in [0, 0.1) is 11.6 Å². The van der Waals surface area contributed by atoms with E-state index in [2.05, 4.69) is 20.2 Å². The van der Waals surface area contributed by atoms with Gasteiger partial charge in [0.2, 0.25) is 0 Å². The molecule has 0 aliphatic heterocycles. The van der Waals surface area contributed by atoms with E-state index in [1.54, 1.807) is 13.8 Å². The number of amides is 1. The number of hydrogen-bond donors (Lipinski definition) is 0. The van der Waals surface area contributed by atoms with Crippen LogP contribution in [-0.4, -0.2) is 55.0 Å². The lowest BCUT2D eigenvalue weighted by atomic mass is 10.1. The third kappa shape index (κ3) is 5.01. The monoisotopic (exact) mass is 452 g/mol. The fourth-order valence-corrected chi connectivity index (χ4v) is 2.98. The van der Waals surface area contributed by atoms with Crippen molar-refractivity contribution < 1.29 is 27.1 Å². The molecule has 8 nitrogen and oxygen atoms in total. The molecule has 0 aliphatic rings. The molecule has 0 fully saturated rings. The summed E-state index contributed by atoms with van der Waals surface area (Å²) in [5.74, 6) is -5.68. The van der Waals surface area contributed by atoms with E-state index < -0.39 is 29.5 Å². The van der Waals surface area contributed by atoms with Crippen LogP contribution in [0.15, 0.2) is 36.9 Å². The number of hydrogen-bond acceptors (Lipinski definition) is 6. The number of aromatic nitrogens is 5. The van der Waals surface area contributed by atoms with E-state index in [4.69, 9.17) is 4.74 Å². The highest BCUT2D eigenvalue weighted by molar-refractivity contribution is 5.98. The van der Waals surface area contributed by atoms with E-state index in [1.165, 1.54) is 17.3 Å². The van der Waals surface area contributed by atoms with Crippen LogP contribution in [0.1, 0.15) is 36.7 Å². The van der Waals surface area contributed by atoms with Crippen molar-refractivity contribution in [1.82, 2.24) is 29.9 Å². The summed E-state index contributed by atoms with van der Waals surface area (Å²) in [6, 6.07) is 0.825. The molecule has 3 aromatic rings. The van der Waals surface area contributed by atoms with Gasteiger partial charge < -0.3 is 9.64 Å². The van der Waals surface area contributed by atoms with Crippen molar-refractivity contribution in [3.8, 4) is 11.7 Å². The van der Waals surface area contributed by atoms with Gasteiger partial charge in [-0.05, 0) is 19.9 Å². The number of benzene rings is 1. The third-order valence-electron chi connectivity index (χ3n) is 4.60. The Morgan fingerprint density at radius 2 is 1.81 bits per heavy atom. The molecule has 1 aromatic carbocycles. The van der Waals surface area contributed by atoms with Gasteiger partial charge in [-0.1, -0.05) is 0 Å². The average Bonchev–Trinajstić information content (AvgIpc) is 3.26. The lowest BCUT2D eigenvalue weighted by Gasteiger charge is -2.28. The predicted molar refractivity (Wildman–Crippen MR) is 105 cm³/mol. The van der Waals surface area contributed by atoms with Gasteiger partial charge in [0.1, 0.15) is 18.1 Å². The number of likely N-dealkylation sites (N-methyl/N-ethyl adjacent to an activating group) is 1. The molecule has 1 atom stereocenters. The van der Waals surface area contributed by atoms with Gasteiger partial charge in [-0.15, -0.1) is 4.80 Å². The van der Waals surface area contributed by atoms with Crippen LogP contribution in [0.4, 0.5) is 17.6 Å². The van der Waals surface area contributed by atoms with E-state index in [0.717, 1.165) is 30.2 Å². The fourth-order valence-electron chi connectivity index (χ4n) is 2.98. The topological polar surface area (TPSA) is 86.0 Å². The Morgan fingerprint density at radius 3 is 2.38 bits per heavy atom. The zero-order valence-corrected chi connectivity index (χ0v) is 17.5. The molecule has 12 heteroatoms. The highest BCUT2D eigenvalue weighted by Crippen LogP contribution is 2.26. The maximum Gasteiger partial charge on any atom is 0.316 e. The molecule has 170 valence electrons. The number of halogens is 4. The highest BCUT2D eigenvalue weighted by atomic mass is 19.3. The first-order valence-corrected chi connectivity index (χ1v) is 9.61. The van der Waals surface area contributed by atoms with Crippen molar-refractivity contribution in [2.45, 2.75) is 32.7 Å². The van der Waals surface area contributed by atoms with Gasteiger partial charge >= 0.3 is 6.01 Å². The van der Waals surface area contributed by atoms with Crippen molar-refractivity contribution in [1.29, 1.82) is 0 Å². The molecule has 0 unspecified atom stereocenters. The zero-order chi connectivity index (χ0) is 23.5. The molecular weight excluding hydrogens is 432 g/mol. The molecule has 0 aliphatic carbocycles. The number of carbonyl (C=O) groups is 1. The van der Waals surface area contributed by atoms with Crippen molar-refractivity contribution in [2.75, 3.05) is 13.2 Å². The van der Waals surface area contributed by atoms with E-state index in [1.807, 2.05) is 0 Å². The van der Waals surface area contributed by atoms with Gasteiger partial charge in [0.15, 0.2) is 5.82 Å². The van der Waals surface area contributed by atoms with Crippen LogP contribution < -0.4 is 4.74 Å². The first-order chi connectivity index (χ1) is 15.1. The summed E-state index contributed by atoms with van der Waals surface area (Å²) in [5, 5.41) is 7.66. The standard InChI is InChI=1S/C20H20F4N6O2/c1-4-29(12(2)11-32-19-25-9-13(10-26-19)20(3,23)24)18(31)15-7-14(21)8-16(22)17(15)30-27-5-6-28-30/h5-10,12H,4,11H2,1-3H3/t12-/m0/s1. The maximum absolute atomic E-state index is 14.5. The largest absolute Gasteiger partial charge is 0.461 e. The smallest absolute Gasteiger partial charge is 0.316 e. The third-order valence-corrected chi connectivity index (χ3v) is 4.60. The summed E-state index contributed by atoms with van der Waals surface area (Å²) < 4.78 is 60.3. The van der Waals surface area contributed by atoms with Crippen LogP contribution >= 0.6 is 0 Å². The molecule has 0 bridgehead atoms. The van der Waals surface area contributed by atoms with Gasteiger partial charge in [-0.25, -0.2) is 27.5 Å². The summed E-state index contributed by atoms with van der Waals surface area (Å²) >= 11 is 0. The summed E-state index contributed by atoms with van der Waals surface area (Å²) in [6.07, 6.45) is 4.50. The van der Waals surface area contributed by atoms with Crippen molar-refractivity contribution >= 4 is 5.91 Å². The van der Waals surface area contributed by atoms with E-state index >= 15 is 0 Å². The number of rotatable bonds is 8. The van der Waals surface area contributed by atoms with Gasteiger partial charge in [-0.3, -0.25) is 4.79 Å². The molecule has 1 amide bonds. The summed E-state index contributed by atoms with van der Waals surface area (Å²) in [6.45, 7) is 4.16. The quantitative estimate of drug-likeness (QED) is 0.487. The van der Waals surface area contributed by atoms with Crippen molar-refractivity contribution in [3.05, 3.63) is 59.7 Å². The first-order valence-electron chi connectivity index (χ1n) is 9.61. The summed E-state index contributed by atoms with van der Waals surface area (Å²) in [7, 11) is 0. The Labute approximate surface area is 180 Å². The molecule has 2 heterocycles. The fraction of sp³-hybridized carbons (Fsp3) is 0.350. The van der Waals surface area contributed by atoms with E-state index in [0.29, 0.717) is 6.07 Å². The molecule has 0 radical (unpaired) electrons. The van der Waals surface area contributed by atoms with Gasteiger partial charge in [-0.2, -0.15) is 10.2 Å². The van der Waals surface area contributed by atoms with Crippen molar-refractivity contribution in [2.24, 2.45) is 0 Å². The second-order valence-corrected chi connectivity index (χ2v) is 7.00. The Morgan fingerprint density at radius 1 is 1.19 bits per heavy atom. The molecule has 2 aromatic heterocycles. The zero-order valence-electron chi connectivity index (χ0n) is 17.5. The number of carbonyl (C=O) groups excluding carboxylic acids is 1. The predicted octanol–water partition coefficient (Wildman–Crippen LogP) is 3.38. The molecule has 32 heavy (non-hydrogen) atoms. The van der Waals surface area contributed by atoms with Crippen LogP contribution in [0.3, 0.4) is 0 Å². The van der Waals surface area contributed by atoms with Gasteiger partial charge in [0.25, 0.3) is 11.8 Å². The Hall–Kier alpha value is -3.57. The minimum absolute atomic E-state index is 0.0887. The maximum atomic E-state index is 14.5. The summed E-state index contributed by atoms with van der Waals surface area (Å²) in [5.41, 5.74) is -0.915. The molecule has 0 saturated carbocycles. The van der Waals surface area contributed by atoms with Gasteiger partial charge in [0.05, 0.1) is 29.6 Å². The molecule has 0 spiro atoms. The lowest BCUT2D eigenvalue weighted by molar-refractivity contribution is 0.0165. The lowest BCUT2D eigenvalue weighted by Crippen LogP contribution is -2.42. The van der Waals surface area contributed by atoms with E-state index in [-0.39, 0.29) is 36.0 Å². The van der Waals surface area contributed by atoms with Gasteiger partial charge in [0, 0.05) is 31.9 Å². The molecular formula is C20H20F4N6O2. The molecule has 0 saturated heterocycles. The summed E-state index contributed by atoms with van der Waals surface area (Å²) in [4.78, 5) is 22.9. The highest BCUT2D eigenvalue weighted by Gasteiger charge is 2.28. The van der Waals surface area contributed by atoms with Crippen LogP contribution in [0.25, 0.3) is 5.69 Å². The number of alkyl halides is 2. The Kier molecular flexibility index (Phi) is 6.70. The number of ether oxygens (including phenoxy) is 1. The molecule has 3 rings (SSSR count).